The molecule has 14 heavy (non-hydrogen) atoms. The molecule has 1 fully saturated rings. The van der Waals surface area contributed by atoms with Crippen LogP contribution in [0.15, 0.2) is 12.1 Å². The fourth-order valence-electron chi connectivity index (χ4n) is 1.52. The van der Waals surface area contributed by atoms with Crippen LogP contribution in [0.2, 0.25) is 5.15 Å². The lowest BCUT2D eigenvalue weighted by molar-refractivity contribution is 0.726. The minimum absolute atomic E-state index is 0.481. The highest BCUT2D eigenvalue weighted by molar-refractivity contribution is 6.29. The van der Waals surface area contributed by atoms with E-state index in [0.717, 1.165) is 23.8 Å². The molecule has 0 radical (unpaired) electrons. The van der Waals surface area contributed by atoms with Gasteiger partial charge in [-0.2, -0.15) is 9.61 Å². The van der Waals surface area contributed by atoms with Crippen molar-refractivity contribution in [1.82, 2.24) is 19.8 Å². The maximum absolute atomic E-state index is 5.81. The standard InChI is InChI=1S/C9H9ClN4/c10-7-3-4-8-11-12-9(14(8)13-7)5-6-1-2-6/h3-4,6H,1-2,5H2. The zero-order valence-corrected chi connectivity index (χ0v) is 8.28. The van der Waals surface area contributed by atoms with Gasteiger partial charge in [0.25, 0.3) is 0 Å². The van der Waals surface area contributed by atoms with E-state index >= 15 is 0 Å². The zero-order chi connectivity index (χ0) is 9.54. The van der Waals surface area contributed by atoms with Crippen LogP contribution in [0.4, 0.5) is 0 Å². The topological polar surface area (TPSA) is 43.1 Å². The average molecular weight is 209 g/mol. The Kier molecular flexibility index (Phi) is 1.70. The third kappa shape index (κ3) is 1.35. The van der Waals surface area contributed by atoms with Crippen LogP contribution in [-0.2, 0) is 6.42 Å². The molecule has 0 N–H and O–H groups in total. The molecule has 0 unspecified atom stereocenters. The van der Waals surface area contributed by atoms with E-state index in [1.807, 2.05) is 6.07 Å². The van der Waals surface area contributed by atoms with Crippen molar-refractivity contribution in [2.45, 2.75) is 19.3 Å². The predicted octanol–water partition coefficient (Wildman–Crippen LogP) is 1.73. The van der Waals surface area contributed by atoms with E-state index in [0.29, 0.717) is 5.15 Å². The van der Waals surface area contributed by atoms with E-state index in [1.54, 1.807) is 10.6 Å². The van der Waals surface area contributed by atoms with Gasteiger partial charge in [0.15, 0.2) is 11.5 Å². The van der Waals surface area contributed by atoms with Crippen LogP contribution in [0.1, 0.15) is 18.7 Å². The van der Waals surface area contributed by atoms with E-state index in [2.05, 4.69) is 15.3 Å². The van der Waals surface area contributed by atoms with Crippen LogP contribution in [0, 0.1) is 5.92 Å². The van der Waals surface area contributed by atoms with E-state index in [9.17, 15) is 0 Å². The first-order chi connectivity index (χ1) is 6.83. The Hall–Kier alpha value is -1.16. The Morgan fingerprint density at radius 1 is 1.36 bits per heavy atom. The smallest absolute Gasteiger partial charge is 0.178 e. The normalized spacial score (nSPS) is 16.4. The molecule has 0 aromatic carbocycles. The number of hydrogen-bond acceptors (Lipinski definition) is 3. The average Bonchev–Trinajstić information content (AvgIpc) is 2.90. The van der Waals surface area contributed by atoms with Gasteiger partial charge < -0.3 is 0 Å². The van der Waals surface area contributed by atoms with Gasteiger partial charge in [0.2, 0.25) is 0 Å². The fraction of sp³-hybridized carbons (Fsp3) is 0.444. The van der Waals surface area contributed by atoms with Crippen LogP contribution in [-0.4, -0.2) is 19.8 Å². The van der Waals surface area contributed by atoms with Crippen molar-refractivity contribution in [1.29, 1.82) is 0 Å². The second kappa shape index (κ2) is 2.92. The highest BCUT2D eigenvalue weighted by Gasteiger charge is 2.24. The van der Waals surface area contributed by atoms with E-state index in [-0.39, 0.29) is 0 Å². The van der Waals surface area contributed by atoms with Gasteiger partial charge in [0.1, 0.15) is 5.15 Å². The van der Waals surface area contributed by atoms with Gasteiger partial charge in [-0.1, -0.05) is 11.6 Å². The molecule has 5 heteroatoms. The third-order valence-corrected chi connectivity index (χ3v) is 2.66. The van der Waals surface area contributed by atoms with Gasteiger partial charge in [0.05, 0.1) is 0 Å². The summed E-state index contributed by atoms with van der Waals surface area (Å²) in [6.07, 6.45) is 3.57. The lowest BCUT2D eigenvalue weighted by Gasteiger charge is -1.96. The van der Waals surface area contributed by atoms with Crippen molar-refractivity contribution in [3.05, 3.63) is 23.1 Å². The lowest BCUT2D eigenvalue weighted by Crippen LogP contribution is -1.99. The Labute approximate surface area is 85.9 Å². The van der Waals surface area contributed by atoms with E-state index < -0.39 is 0 Å². The summed E-state index contributed by atoms with van der Waals surface area (Å²) >= 11 is 5.81. The molecular weight excluding hydrogens is 200 g/mol. The minimum Gasteiger partial charge on any atom is -0.196 e. The molecule has 0 spiro atoms. The van der Waals surface area contributed by atoms with Crippen LogP contribution < -0.4 is 0 Å². The molecule has 4 nitrogen and oxygen atoms in total. The molecule has 0 atom stereocenters. The van der Waals surface area contributed by atoms with Gasteiger partial charge in [0, 0.05) is 6.42 Å². The molecule has 0 saturated heterocycles. The second-order valence-corrected chi connectivity index (χ2v) is 4.08. The lowest BCUT2D eigenvalue weighted by atomic mass is 10.3. The summed E-state index contributed by atoms with van der Waals surface area (Å²) in [5, 5.41) is 12.8. The summed E-state index contributed by atoms with van der Waals surface area (Å²) in [5.74, 6) is 1.70. The Morgan fingerprint density at radius 3 is 3.00 bits per heavy atom. The number of aromatic nitrogens is 4. The van der Waals surface area contributed by atoms with Crippen molar-refractivity contribution in [3.63, 3.8) is 0 Å². The SMILES string of the molecule is Clc1ccc2nnc(CC3CC3)n2n1. The molecule has 3 rings (SSSR count). The molecule has 2 heterocycles. The van der Waals surface area contributed by atoms with Gasteiger partial charge in [-0.15, -0.1) is 10.2 Å². The van der Waals surface area contributed by atoms with Crippen molar-refractivity contribution in [2.75, 3.05) is 0 Å². The van der Waals surface area contributed by atoms with Crippen LogP contribution in [0.25, 0.3) is 5.65 Å². The number of nitrogens with zero attached hydrogens (tertiary/aromatic N) is 4. The molecule has 72 valence electrons. The van der Waals surface area contributed by atoms with Crippen molar-refractivity contribution >= 4 is 17.2 Å². The Balaban J connectivity index is 2.08. The summed E-state index contributed by atoms with van der Waals surface area (Å²) in [6.45, 7) is 0. The summed E-state index contributed by atoms with van der Waals surface area (Å²) in [5.41, 5.74) is 0.769. The maximum Gasteiger partial charge on any atom is 0.178 e. The van der Waals surface area contributed by atoms with E-state index in [4.69, 9.17) is 11.6 Å². The zero-order valence-electron chi connectivity index (χ0n) is 7.52. The Bertz CT molecular complexity index is 475. The molecule has 0 bridgehead atoms. The number of fused-ring (bicyclic) bond motifs is 1. The Morgan fingerprint density at radius 2 is 2.21 bits per heavy atom. The number of halogens is 1. The summed E-state index contributed by atoms with van der Waals surface area (Å²) in [4.78, 5) is 0. The molecule has 1 aliphatic rings. The molecular formula is C9H9ClN4. The third-order valence-electron chi connectivity index (χ3n) is 2.46. The van der Waals surface area contributed by atoms with Crippen molar-refractivity contribution in [3.8, 4) is 0 Å². The first-order valence-electron chi connectivity index (χ1n) is 4.70. The van der Waals surface area contributed by atoms with Crippen LogP contribution in [0.5, 0.6) is 0 Å². The van der Waals surface area contributed by atoms with E-state index in [1.165, 1.54) is 12.8 Å². The maximum atomic E-state index is 5.81. The van der Waals surface area contributed by atoms with Gasteiger partial charge >= 0.3 is 0 Å². The highest BCUT2D eigenvalue weighted by atomic mass is 35.5. The molecule has 2 aromatic rings. The molecule has 1 saturated carbocycles. The van der Waals surface area contributed by atoms with Crippen LogP contribution in [0.3, 0.4) is 0 Å². The number of rotatable bonds is 2. The van der Waals surface area contributed by atoms with Crippen LogP contribution >= 0.6 is 11.6 Å². The minimum atomic E-state index is 0.481. The second-order valence-electron chi connectivity index (χ2n) is 3.69. The molecule has 1 aliphatic carbocycles. The predicted molar refractivity (Wildman–Crippen MR) is 52.2 cm³/mol. The molecule has 0 amide bonds. The highest BCUT2D eigenvalue weighted by Crippen LogP contribution is 2.31. The molecule has 2 aromatic heterocycles. The first-order valence-corrected chi connectivity index (χ1v) is 5.07. The largest absolute Gasteiger partial charge is 0.196 e. The van der Waals surface area contributed by atoms with Gasteiger partial charge in [-0.3, -0.25) is 0 Å². The quantitative estimate of drug-likeness (QED) is 0.755. The monoisotopic (exact) mass is 208 g/mol. The van der Waals surface area contributed by atoms with Gasteiger partial charge in [-0.05, 0) is 30.9 Å². The summed E-state index contributed by atoms with van der Waals surface area (Å²) in [7, 11) is 0. The summed E-state index contributed by atoms with van der Waals surface area (Å²) in [6, 6.07) is 3.56. The first kappa shape index (κ1) is 8.17. The van der Waals surface area contributed by atoms with Crippen molar-refractivity contribution < 1.29 is 0 Å². The van der Waals surface area contributed by atoms with Crippen molar-refractivity contribution in [2.24, 2.45) is 5.92 Å². The van der Waals surface area contributed by atoms with Gasteiger partial charge in [-0.25, -0.2) is 0 Å². The molecule has 0 aliphatic heterocycles. The number of hydrogen-bond donors (Lipinski definition) is 0. The summed E-state index contributed by atoms with van der Waals surface area (Å²) < 4.78 is 1.74. The fourth-order valence-corrected chi connectivity index (χ4v) is 1.66.